The number of anilines is 2. The van der Waals surface area contributed by atoms with Gasteiger partial charge in [-0.1, -0.05) is 6.92 Å². The largest absolute Gasteiger partial charge is 0.393 e. The van der Waals surface area contributed by atoms with Crippen molar-refractivity contribution in [1.29, 1.82) is 0 Å². The third kappa shape index (κ3) is 5.95. The smallest absolute Gasteiger partial charge is 0.366 e. The fourth-order valence-electron chi connectivity index (χ4n) is 4.69. The predicted octanol–water partition coefficient (Wildman–Crippen LogP) is 4.06. The van der Waals surface area contributed by atoms with Crippen molar-refractivity contribution >= 4 is 28.7 Å². The molecular formula is C26H29F3N10OS. The van der Waals surface area contributed by atoms with Crippen LogP contribution in [0.3, 0.4) is 0 Å². The van der Waals surface area contributed by atoms with Crippen molar-refractivity contribution in [1.82, 2.24) is 39.2 Å². The van der Waals surface area contributed by atoms with Gasteiger partial charge in [-0.15, -0.1) is 21.5 Å². The Hall–Kier alpha value is -3.85. The number of thiazole rings is 1. The second-order valence-corrected chi connectivity index (χ2v) is 11.4. The van der Waals surface area contributed by atoms with Crippen LogP contribution < -0.4 is 10.2 Å². The summed E-state index contributed by atoms with van der Waals surface area (Å²) in [6.45, 7) is 4.30. The quantitative estimate of drug-likeness (QED) is 0.329. The fraction of sp³-hybridized carbons (Fsp3) is 0.462. The summed E-state index contributed by atoms with van der Waals surface area (Å²) in [4.78, 5) is 31.3. The van der Waals surface area contributed by atoms with Gasteiger partial charge in [0.25, 0.3) is 5.91 Å². The number of carbonyl (C=O) groups is 1. The van der Waals surface area contributed by atoms with Gasteiger partial charge < -0.3 is 24.3 Å². The Balaban J connectivity index is 1.22. The van der Waals surface area contributed by atoms with Gasteiger partial charge >= 0.3 is 6.18 Å². The normalized spacial score (nSPS) is 17.1. The number of amides is 1. The second-order valence-electron chi connectivity index (χ2n) is 10.6. The molecule has 1 aliphatic carbocycles. The first-order valence-corrected chi connectivity index (χ1v) is 14.2. The summed E-state index contributed by atoms with van der Waals surface area (Å²) in [7, 11) is 2.10. The van der Waals surface area contributed by atoms with Crippen LogP contribution in [0.2, 0.25) is 0 Å². The Bertz CT molecular complexity index is 1530. The van der Waals surface area contributed by atoms with Gasteiger partial charge in [-0.05, 0) is 26.0 Å². The molecule has 5 heterocycles. The maximum Gasteiger partial charge on any atom is 0.393 e. The van der Waals surface area contributed by atoms with Gasteiger partial charge in [0.2, 0.25) is 0 Å². The van der Waals surface area contributed by atoms with Crippen molar-refractivity contribution in [3.05, 3.63) is 47.9 Å². The van der Waals surface area contributed by atoms with E-state index in [-0.39, 0.29) is 23.9 Å². The van der Waals surface area contributed by atoms with E-state index >= 15 is 0 Å². The predicted molar refractivity (Wildman–Crippen MR) is 147 cm³/mol. The van der Waals surface area contributed by atoms with Gasteiger partial charge in [0, 0.05) is 50.2 Å². The minimum absolute atomic E-state index is 0.204. The molecule has 1 atom stereocenters. The zero-order valence-corrected chi connectivity index (χ0v) is 23.4. The van der Waals surface area contributed by atoms with Gasteiger partial charge in [-0.25, -0.2) is 15.0 Å². The van der Waals surface area contributed by atoms with Crippen molar-refractivity contribution in [3.8, 4) is 16.5 Å². The van der Waals surface area contributed by atoms with E-state index in [1.807, 2.05) is 10.8 Å². The lowest BCUT2D eigenvalue weighted by Crippen LogP contribution is -2.44. The number of carbonyl (C=O) groups excluding carboxylic acids is 1. The van der Waals surface area contributed by atoms with Crippen LogP contribution in [-0.4, -0.2) is 84.5 Å². The number of aromatic nitrogens is 7. The number of halogens is 3. The maximum atomic E-state index is 13.3. The van der Waals surface area contributed by atoms with Crippen molar-refractivity contribution in [2.24, 2.45) is 5.92 Å². The summed E-state index contributed by atoms with van der Waals surface area (Å²) < 4.78 is 42.5. The van der Waals surface area contributed by atoms with Crippen LogP contribution in [0.1, 0.15) is 41.9 Å². The number of piperazine rings is 1. The van der Waals surface area contributed by atoms with Crippen molar-refractivity contribution in [3.63, 3.8) is 0 Å². The van der Waals surface area contributed by atoms with Gasteiger partial charge in [0.1, 0.15) is 17.8 Å². The van der Waals surface area contributed by atoms with Crippen molar-refractivity contribution in [2.75, 3.05) is 43.4 Å². The number of rotatable bonds is 8. The average molecular weight is 587 g/mol. The Morgan fingerprint density at radius 3 is 2.66 bits per heavy atom. The zero-order valence-electron chi connectivity index (χ0n) is 22.5. The molecule has 1 saturated carbocycles. The Morgan fingerprint density at radius 2 is 1.93 bits per heavy atom. The number of hydrogen-bond donors (Lipinski definition) is 1. The molecule has 4 aromatic heterocycles. The standard InChI is InChI=1S/C26H29F3N10OS/c1-16(26(27,28)29)11-39-15-32-35-23(39)25-34-22(13-41-25)33-24(40)18-9-20(38-12-19(31-14-38)17-3-4-17)21(10-30-18)37-7-5-36(2)6-8-37/h9-10,12-17H,3-8,11H2,1-2H3,(H,33,40)/t16-/m1/s1. The molecule has 2 fully saturated rings. The first-order chi connectivity index (χ1) is 19.7. The number of nitrogens with zero attached hydrogens (tertiary/aromatic N) is 9. The molecule has 6 rings (SSSR count). The maximum absolute atomic E-state index is 13.3. The summed E-state index contributed by atoms with van der Waals surface area (Å²) in [6.07, 6.45) is 4.71. The van der Waals surface area contributed by atoms with Crippen molar-refractivity contribution < 1.29 is 18.0 Å². The Morgan fingerprint density at radius 1 is 1.15 bits per heavy atom. The summed E-state index contributed by atoms with van der Waals surface area (Å²) >= 11 is 1.15. The lowest BCUT2D eigenvalue weighted by Gasteiger charge is -2.35. The first kappa shape index (κ1) is 27.3. The first-order valence-electron chi connectivity index (χ1n) is 13.4. The highest BCUT2D eigenvalue weighted by Crippen LogP contribution is 2.39. The Kier molecular flexibility index (Phi) is 7.23. The number of imidazole rings is 1. The van der Waals surface area contributed by atoms with E-state index in [9.17, 15) is 18.0 Å². The molecule has 0 radical (unpaired) electrons. The van der Waals surface area contributed by atoms with E-state index in [0.29, 0.717) is 10.9 Å². The fourth-order valence-corrected chi connectivity index (χ4v) is 5.44. The molecule has 15 heteroatoms. The van der Waals surface area contributed by atoms with Crippen LogP contribution in [0.15, 0.2) is 36.5 Å². The molecule has 1 amide bonds. The summed E-state index contributed by atoms with van der Waals surface area (Å²) in [5, 5.41) is 12.4. The number of hydrogen-bond acceptors (Lipinski definition) is 9. The summed E-state index contributed by atoms with van der Waals surface area (Å²) in [5.41, 5.74) is 3.00. The third-order valence-corrected chi connectivity index (χ3v) is 8.23. The van der Waals surface area contributed by atoms with Crippen LogP contribution >= 0.6 is 11.3 Å². The molecule has 2 aliphatic rings. The summed E-state index contributed by atoms with van der Waals surface area (Å²) in [5.74, 6) is -1.09. The van der Waals surface area contributed by atoms with Crippen LogP contribution in [0, 0.1) is 5.92 Å². The van der Waals surface area contributed by atoms with E-state index in [0.717, 1.165) is 74.3 Å². The molecule has 4 aromatic rings. The lowest BCUT2D eigenvalue weighted by atomic mass is 10.2. The molecule has 41 heavy (non-hydrogen) atoms. The highest BCUT2D eigenvalue weighted by atomic mass is 32.1. The Labute approximate surface area is 238 Å². The van der Waals surface area contributed by atoms with Gasteiger partial charge in [0.15, 0.2) is 10.8 Å². The number of likely N-dealkylation sites (N-methyl/N-ethyl adjacent to an activating group) is 1. The van der Waals surface area contributed by atoms with Crippen LogP contribution in [0.5, 0.6) is 0 Å². The lowest BCUT2D eigenvalue weighted by molar-refractivity contribution is -0.172. The molecule has 1 saturated heterocycles. The molecule has 1 N–H and O–H groups in total. The highest BCUT2D eigenvalue weighted by Gasteiger charge is 2.36. The van der Waals surface area contributed by atoms with Gasteiger partial charge in [-0.2, -0.15) is 13.2 Å². The number of alkyl halides is 3. The van der Waals surface area contributed by atoms with E-state index in [1.54, 1.807) is 24.0 Å². The molecule has 11 nitrogen and oxygen atoms in total. The molecule has 0 bridgehead atoms. The molecule has 1 aliphatic heterocycles. The van der Waals surface area contributed by atoms with Crippen LogP contribution in [0.4, 0.5) is 24.7 Å². The van der Waals surface area contributed by atoms with Crippen LogP contribution in [0.25, 0.3) is 16.5 Å². The highest BCUT2D eigenvalue weighted by molar-refractivity contribution is 7.13. The van der Waals surface area contributed by atoms with Gasteiger partial charge in [0.05, 0.1) is 35.5 Å². The average Bonchev–Trinajstić information content (AvgIpc) is 3.29. The third-order valence-electron chi connectivity index (χ3n) is 7.40. The van der Waals surface area contributed by atoms with Gasteiger partial charge in [-0.3, -0.25) is 4.79 Å². The monoisotopic (exact) mass is 586 g/mol. The second kappa shape index (κ2) is 10.9. The number of pyridine rings is 1. The molecule has 0 aromatic carbocycles. The van der Waals surface area contributed by atoms with E-state index in [2.05, 4.69) is 47.3 Å². The summed E-state index contributed by atoms with van der Waals surface area (Å²) in [6, 6.07) is 1.75. The van der Waals surface area contributed by atoms with Crippen molar-refractivity contribution in [2.45, 2.75) is 38.4 Å². The molecule has 0 spiro atoms. The molecule has 0 unspecified atom stereocenters. The van der Waals surface area contributed by atoms with E-state index in [1.165, 1.54) is 10.9 Å². The minimum atomic E-state index is -4.34. The zero-order chi connectivity index (χ0) is 28.7. The topological polar surface area (TPSA) is 110 Å². The molecular weight excluding hydrogens is 557 g/mol. The molecule has 216 valence electrons. The van der Waals surface area contributed by atoms with E-state index < -0.39 is 18.0 Å². The number of nitrogens with one attached hydrogen (secondary N) is 1. The van der Waals surface area contributed by atoms with E-state index in [4.69, 9.17) is 0 Å². The van der Waals surface area contributed by atoms with Crippen LogP contribution in [-0.2, 0) is 6.54 Å². The SMILES string of the molecule is C[C@H](Cn1cnnc1-c1nc(NC(=O)c2cc(-n3cnc(C4CC4)c3)c(N3CCN(C)CC3)cn2)cs1)C(F)(F)F. The minimum Gasteiger partial charge on any atom is -0.366 e.